The fourth-order valence-electron chi connectivity index (χ4n) is 1.99. The molecule has 2 N–H and O–H groups in total. The third-order valence-electron chi connectivity index (χ3n) is 2.94. The number of alkyl halides is 3. The predicted molar refractivity (Wildman–Crippen MR) is 75.3 cm³/mol. The highest BCUT2D eigenvalue weighted by Gasteiger charge is 2.42. The van der Waals surface area contributed by atoms with Crippen molar-refractivity contribution >= 4 is 11.7 Å². The standard InChI is InChI=1S/C14H15F3N4O/c1-9-4-3-5-10(6-9)12(14(15,16)17)20-13(22)19-11-7-18-21(2)8-11/h3-8,12H,1-2H3,(H2,19,20,22)/t12-/m1/s1. The molecule has 2 aromatic rings. The smallest absolute Gasteiger partial charge is 0.322 e. The molecule has 1 heterocycles. The van der Waals surface area contributed by atoms with Crippen molar-refractivity contribution in [3.05, 3.63) is 47.8 Å². The van der Waals surface area contributed by atoms with Gasteiger partial charge >= 0.3 is 12.2 Å². The van der Waals surface area contributed by atoms with Crippen molar-refractivity contribution in [3.63, 3.8) is 0 Å². The van der Waals surface area contributed by atoms with E-state index in [-0.39, 0.29) is 5.56 Å². The van der Waals surface area contributed by atoms with Crippen LogP contribution in [0.1, 0.15) is 17.2 Å². The Labute approximate surface area is 125 Å². The summed E-state index contributed by atoms with van der Waals surface area (Å²) in [6.07, 6.45) is -1.77. The number of anilines is 1. The summed E-state index contributed by atoms with van der Waals surface area (Å²) in [4.78, 5) is 11.8. The molecule has 0 unspecified atom stereocenters. The molecule has 8 heteroatoms. The first-order valence-electron chi connectivity index (χ1n) is 6.45. The summed E-state index contributed by atoms with van der Waals surface area (Å²) >= 11 is 0. The van der Waals surface area contributed by atoms with Crippen LogP contribution >= 0.6 is 0 Å². The first kappa shape index (κ1) is 15.9. The molecule has 0 bridgehead atoms. The van der Waals surface area contributed by atoms with Crippen molar-refractivity contribution in [1.29, 1.82) is 0 Å². The molecule has 1 atom stereocenters. The average Bonchev–Trinajstić information content (AvgIpc) is 2.80. The Morgan fingerprint density at radius 3 is 2.64 bits per heavy atom. The van der Waals surface area contributed by atoms with Gasteiger partial charge in [-0.05, 0) is 12.5 Å². The SMILES string of the molecule is Cc1cccc([C@@H](NC(=O)Nc2cnn(C)c2)C(F)(F)F)c1. The topological polar surface area (TPSA) is 59.0 Å². The zero-order valence-corrected chi connectivity index (χ0v) is 12.0. The van der Waals surface area contributed by atoms with Gasteiger partial charge in [0.1, 0.15) is 0 Å². The number of nitrogens with one attached hydrogen (secondary N) is 2. The van der Waals surface area contributed by atoms with Crippen LogP contribution < -0.4 is 10.6 Å². The molecule has 0 radical (unpaired) electrons. The number of amides is 2. The van der Waals surface area contributed by atoms with Crippen LogP contribution in [0.2, 0.25) is 0 Å². The molecule has 0 saturated carbocycles. The van der Waals surface area contributed by atoms with E-state index < -0.39 is 18.2 Å². The fraction of sp³-hybridized carbons (Fsp3) is 0.286. The van der Waals surface area contributed by atoms with Gasteiger partial charge in [-0.15, -0.1) is 0 Å². The number of hydrogen-bond acceptors (Lipinski definition) is 2. The summed E-state index contributed by atoms with van der Waals surface area (Å²) in [6.45, 7) is 1.69. The zero-order chi connectivity index (χ0) is 16.3. The van der Waals surface area contributed by atoms with E-state index in [0.717, 1.165) is 0 Å². The molecule has 0 spiro atoms. The van der Waals surface area contributed by atoms with Crippen LogP contribution in [0, 0.1) is 6.92 Å². The minimum atomic E-state index is -4.60. The van der Waals surface area contributed by atoms with E-state index in [1.807, 2.05) is 5.32 Å². The first-order chi connectivity index (χ1) is 10.3. The van der Waals surface area contributed by atoms with Crippen molar-refractivity contribution in [1.82, 2.24) is 15.1 Å². The van der Waals surface area contributed by atoms with Crippen molar-refractivity contribution < 1.29 is 18.0 Å². The predicted octanol–water partition coefficient (Wildman–Crippen LogP) is 3.15. The number of benzene rings is 1. The van der Waals surface area contributed by atoms with E-state index in [1.165, 1.54) is 35.3 Å². The molecule has 0 fully saturated rings. The highest BCUT2D eigenvalue weighted by Crippen LogP contribution is 2.33. The highest BCUT2D eigenvalue weighted by molar-refractivity contribution is 5.89. The Hall–Kier alpha value is -2.51. The van der Waals surface area contributed by atoms with Crippen molar-refractivity contribution in [2.75, 3.05) is 5.32 Å². The zero-order valence-electron chi connectivity index (χ0n) is 12.0. The summed E-state index contributed by atoms with van der Waals surface area (Å²) in [6, 6.07) is 2.90. The molecule has 1 aromatic carbocycles. The van der Waals surface area contributed by atoms with Crippen LogP contribution in [-0.2, 0) is 7.05 Å². The van der Waals surface area contributed by atoms with Gasteiger partial charge in [0.25, 0.3) is 0 Å². The molecule has 1 aromatic heterocycles. The van der Waals surface area contributed by atoms with Crippen molar-refractivity contribution in [3.8, 4) is 0 Å². The third kappa shape index (κ3) is 4.00. The van der Waals surface area contributed by atoms with Crippen molar-refractivity contribution in [2.45, 2.75) is 19.1 Å². The maximum atomic E-state index is 13.2. The Morgan fingerprint density at radius 1 is 1.36 bits per heavy atom. The van der Waals surface area contributed by atoms with Gasteiger partial charge in [-0.2, -0.15) is 18.3 Å². The Bertz CT molecular complexity index is 666. The second-order valence-corrected chi connectivity index (χ2v) is 4.89. The monoisotopic (exact) mass is 312 g/mol. The van der Waals surface area contributed by atoms with E-state index in [1.54, 1.807) is 20.0 Å². The average molecular weight is 312 g/mol. The lowest BCUT2D eigenvalue weighted by molar-refractivity contribution is -0.154. The number of urea groups is 1. The largest absolute Gasteiger partial charge is 0.412 e. The lowest BCUT2D eigenvalue weighted by atomic mass is 10.0. The minimum Gasteiger partial charge on any atom is -0.322 e. The molecule has 0 saturated heterocycles. The number of rotatable bonds is 3. The normalized spacial score (nSPS) is 12.8. The summed E-state index contributed by atoms with van der Waals surface area (Å²) in [5, 5.41) is 8.08. The van der Waals surface area contributed by atoms with E-state index in [0.29, 0.717) is 11.3 Å². The molecule has 0 aliphatic heterocycles. The van der Waals surface area contributed by atoms with Crippen LogP contribution in [0.4, 0.5) is 23.7 Å². The number of nitrogens with zero attached hydrogens (tertiary/aromatic N) is 2. The quantitative estimate of drug-likeness (QED) is 0.914. The van der Waals surface area contributed by atoms with E-state index in [2.05, 4.69) is 10.4 Å². The van der Waals surface area contributed by atoms with Crippen LogP contribution in [0.25, 0.3) is 0 Å². The van der Waals surface area contributed by atoms with Crippen LogP contribution in [-0.4, -0.2) is 22.0 Å². The van der Waals surface area contributed by atoms with Gasteiger partial charge in [-0.1, -0.05) is 29.8 Å². The van der Waals surface area contributed by atoms with Gasteiger partial charge in [0.05, 0.1) is 11.9 Å². The highest BCUT2D eigenvalue weighted by atomic mass is 19.4. The van der Waals surface area contributed by atoms with Gasteiger partial charge in [0.2, 0.25) is 0 Å². The number of carbonyl (C=O) groups is 1. The Kier molecular flexibility index (Phi) is 4.39. The molecule has 2 amide bonds. The minimum absolute atomic E-state index is 0.0196. The van der Waals surface area contributed by atoms with Gasteiger partial charge in [-0.25, -0.2) is 4.79 Å². The summed E-state index contributed by atoms with van der Waals surface area (Å²) in [5.41, 5.74) is 0.972. The Morgan fingerprint density at radius 2 is 2.09 bits per heavy atom. The summed E-state index contributed by atoms with van der Waals surface area (Å²) in [5.74, 6) is 0. The van der Waals surface area contributed by atoms with E-state index in [9.17, 15) is 18.0 Å². The second kappa shape index (κ2) is 6.08. The number of halogens is 3. The van der Waals surface area contributed by atoms with Gasteiger partial charge in [-0.3, -0.25) is 4.68 Å². The number of carbonyl (C=O) groups excluding carboxylic acids is 1. The van der Waals surface area contributed by atoms with Crippen LogP contribution in [0.3, 0.4) is 0 Å². The molecule has 22 heavy (non-hydrogen) atoms. The molecular formula is C14H15F3N4O. The van der Waals surface area contributed by atoms with E-state index >= 15 is 0 Å². The lowest BCUT2D eigenvalue weighted by Crippen LogP contribution is -2.40. The van der Waals surface area contributed by atoms with Gasteiger partial charge in [0.15, 0.2) is 6.04 Å². The maximum Gasteiger partial charge on any atom is 0.412 e. The van der Waals surface area contributed by atoms with Gasteiger partial charge in [0, 0.05) is 13.2 Å². The summed E-state index contributed by atoms with van der Waals surface area (Å²) in [7, 11) is 1.63. The van der Waals surface area contributed by atoms with Crippen LogP contribution in [0.5, 0.6) is 0 Å². The fourth-order valence-corrected chi connectivity index (χ4v) is 1.99. The third-order valence-corrected chi connectivity index (χ3v) is 2.94. The lowest BCUT2D eigenvalue weighted by Gasteiger charge is -2.22. The molecular weight excluding hydrogens is 297 g/mol. The van der Waals surface area contributed by atoms with E-state index in [4.69, 9.17) is 0 Å². The number of hydrogen-bond donors (Lipinski definition) is 2. The molecule has 5 nitrogen and oxygen atoms in total. The molecule has 0 aliphatic rings. The van der Waals surface area contributed by atoms with Gasteiger partial charge < -0.3 is 10.6 Å². The van der Waals surface area contributed by atoms with Crippen LogP contribution in [0.15, 0.2) is 36.7 Å². The molecule has 2 rings (SSSR count). The number of aromatic nitrogens is 2. The molecule has 118 valence electrons. The van der Waals surface area contributed by atoms with Crippen molar-refractivity contribution in [2.24, 2.45) is 7.05 Å². The Balaban J connectivity index is 2.15. The molecule has 0 aliphatic carbocycles. The summed E-state index contributed by atoms with van der Waals surface area (Å²) < 4.78 is 41.0. The maximum absolute atomic E-state index is 13.2. The number of aryl methyl sites for hydroxylation is 2. The second-order valence-electron chi connectivity index (χ2n) is 4.89. The first-order valence-corrected chi connectivity index (χ1v) is 6.45.